The van der Waals surface area contributed by atoms with Crippen LogP contribution in [-0.4, -0.2) is 10.6 Å². The predicted molar refractivity (Wildman–Crippen MR) is 58.3 cm³/mol. The van der Waals surface area contributed by atoms with Crippen LogP contribution in [0.25, 0.3) is 0 Å². The molecule has 0 radical (unpaired) electrons. The van der Waals surface area contributed by atoms with Gasteiger partial charge in [-0.05, 0) is 25.1 Å². The molecule has 1 atom stereocenters. The lowest BCUT2D eigenvalue weighted by Crippen LogP contribution is -2.11. The number of Topliss-reactive ketones (excluding diaryl/α,β-unsaturated/α-hetero) is 1. The fourth-order valence-electron chi connectivity index (χ4n) is 1.08. The first kappa shape index (κ1) is 10.7. The number of nitrogens with two attached hydrogens (primary N) is 1. The maximum absolute atomic E-state index is 11.6. The monoisotopic (exact) mass is 252 g/mol. The van der Waals surface area contributed by atoms with E-state index >= 15 is 0 Å². The molecule has 0 saturated carbocycles. The summed E-state index contributed by atoms with van der Waals surface area (Å²) in [5, 5.41) is 8.80. The highest BCUT2D eigenvalue weighted by atomic mass is 79.9. The number of halogens is 1. The molecule has 0 aliphatic rings. The number of nitriles is 1. The highest BCUT2D eigenvalue weighted by molar-refractivity contribution is 9.10. The lowest BCUT2D eigenvalue weighted by atomic mass is 10.0. The van der Waals surface area contributed by atoms with Crippen LogP contribution < -0.4 is 5.73 Å². The van der Waals surface area contributed by atoms with Crippen molar-refractivity contribution >= 4 is 27.4 Å². The SMILES string of the molecule is CC(Br)C(=O)c1ccc(N)cc1C#N. The van der Waals surface area contributed by atoms with E-state index < -0.39 is 0 Å². The lowest BCUT2D eigenvalue weighted by molar-refractivity contribution is 0.0995. The van der Waals surface area contributed by atoms with Crippen LogP contribution in [0.1, 0.15) is 22.8 Å². The summed E-state index contributed by atoms with van der Waals surface area (Å²) in [6.45, 7) is 1.72. The Morgan fingerprint density at radius 3 is 2.79 bits per heavy atom. The Kier molecular flexibility index (Phi) is 3.26. The van der Waals surface area contributed by atoms with Gasteiger partial charge in [0, 0.05) is 11.3 Å². The van der Waals surface area contributed by atoms with Crippen molar-refractivity contribution in [3.8, 4) is 6.07 Å². The number of carbonyl (C=O) groups is 1. The zero-order valence-electron chi connectivity index (χ0n) is 7.62. The first-order chi connectivity index (χ1) is 6.56. The van der Waals surface area contributed by atoms with Crippen molar-refractivity contribution in [1.82, 2.24) is 0 Å². The molecule has 14 heavy (non-hydrogen) atoms. The molecule has 0 bridgehead atoms. The van der Waals surface area contributed by atoms with E-state index in [1.165, 1.54) is 6.07 Å². The summed E-state index contributed by atoms with van der Waals surface area (Å²) in [6.07, 6.45) is 0. The third-order valence-electron chi connectivity index (χ3n) is 1.79. The smallest absolute Gasteiger partial charge is 0.177 e. The van der Waals surface area contributed by atoms with Crippen LogP contribution in [0, 0.1) is 11.3 Å². The van der Waals surface area contributed by atoms with Crippen LogP contribution in [0.2, 0.25) is 0 Å². The van der Waals surface area contributed by atoms with Crippen LogP contribution in [0.15, 0.2) is 18.2 Å². The highest BCUT2D eigenvalue weighted by Gasteiger charge is 2.15. The van der Waals surface area contributed by atoms with Crippen LogP contribution in [-0.2, 0) is 0 Å². The molecule has 2 N–H and O–H groups in total. The van der Waals surface area contributed by atoms with Crippen LogP contribution in [0.4, 0.5) is 5.69 Å². The van der Waals surface area contributed by atoms with Gasteiger partial charge in [0.1, 0.15) is 0 Å². The third-order valence-corrected chi connectivity index (χ3v) is 2.21. The minimum atomic E-state index is -0.293. The number of rotatable bonds is 2. The fourth-order valence-corrected chi connectivity index (χ4v) is 1.33. The zero-order valence-corrected chi connectivity index (χ0v) is 9.21. The first-order valence-electron chi connectivity index (χ1n) is 4.04. The molecule has 72 valence electrons. The van der Waals surface area contributed by atoms with Crippen molar-refractivity contribution in [1.29, 1.82) is 5.26 Å². The Balaban J connectivity index is 3.23. The van der Waals surface area contributed by atoms with Gasteiger partial charge in [0.25, 0.3) is 0 Å². The number of carbonyl (C=O) groups excluding carboxylic acids is 1. The zero-order chi connectivity index (χ0) is 10.7. The van der Waals surface area contributed by atoms with Crippen molar-refractivity contribution in [3.63, 3.8) is 0 Å². The minimum absolute atomic E-state index is 0.110. The second kappa shape index (κ2) is 4.25. The molecule has 3 nitrogen and oxygen atoms in total. The molecule has 0 aliphatic carbocycles. The number of benzene rings is 1. The van der Waals surface area contributed by atoms with Crippen LogP contribution in [0.3, 0.4) is 0 Å². The number of hydrogen-bond acceptors (Lipinski definition) is 3. The molecule has 1 aromatic rings. The Labute approximate surface area is 90.7 Å². The average molecular weight is 253 g/mol. The molecule has 0 saturated heterocycles. The fraction of sp³-hybridized carbons (Fsp3) is 0.200. The van der Waals surface area contributed by atoms with E-state index in [0.29, 0.717) is 16.8 Å². The normalized spacial score (nSPS) is 11.8. The number of alkyl halides is 1. The molecule has 4 heteroatoms. The van der Waals surface area contributed by atoms with Gasteiger partial charge in [0.2, 0.25) is 0 Å². The standard InChI is InChI=1S/C10H9BrN2O/c1-6(11)10(14)9-3-2-8(13)4-7(9)5-12/h2-4,6H,13H2,1H3. The van der Waals surface area contributed by atoms with Gasteiger partial charge in [-0.2, -0.15) is 5.26 Å². The Bertz CT molecular complexity index is 407. The second-order valence-corrected chi connectivity index (χ2v) is 4.27. The molecule has 0 fully saturated rings. The molecule has 0 spiro atoms. The Morgan fingerprint density at radius 1 is 1.64 bits per heavy atom. The van der Waals surface area contributed by atoms with Crippen molar-refractivity contribution in [2.45, 2.75) is 11.8 Å². The lowest BCUT2D eigenvalue weighted by Gasteiger charge is -2.05. The number of anilines is 1. The number of hydrogen-bond donors (Lipinski definition) is 1. The Hall–Kier alpha value is -1.34. The Morgan fingerprint density at radius 2 is 2.29 bits per heavy atom. The average Bonchev–Trinajstić information content (AvgIpc) is 2.16. The molecule has 1 aromatic carbocycles. The molecule has 0 aliphatic heterocycles. The van der Waals surface area contributed by atoms with Crippen molar-refractivity contribution in [3.05, 3.63) is 29.3 Å². The number of nitrogen functional groups attached to an aromatic ring is 1. The van der Waals surface area contributed by atoms with Crippen molar-refractivity contribution in [2.75, 3.05) is 5.73 Å². The summed E-state index contributed by atoms with van der Waals surface area (Å²) >= 11 is 3.17. The van der Waals surface area contributed by atoms with E-state index in [9.17, 15) is 4.79 Å². The molecule has 1 unspecified atom stereocenters. The van der Waals surface area contributed by atoms with Gasteiger partial charge in [-0.3, -0.25) is 4.79 Å². The van der Waals surface area contributed by atoms with Crippen molar-refractivity contribution in [2.24, 2.45) is 0 Å². The minimum Gasteiger partial charge on any atom is -0.399 e. The molecule has 0 heterocycles. The van der Waals surface area contributed by atoms with E-state index in [0.717, 1.165) is 0 Å². The van der Waals surface area contributed by atoms with Gasteiger partial charge in [-0.15, -0.1) is 0 Å². The highest BCUT2D eigenvalue weighted by Crippen LogP contribution is 2.17. The number of nitrogens with zero attached hydrogens (tertiary/aromatic N) is 1. The summed E-state index contributed by atoms with van der Waals surface area (Å²) in [4.78, 5) is 11.3. The molecule has 0 aromatic heterocycles. The summed E-state index contributed by atoms with van der Waals surface area (Å²) in [7, 11) is 0. The van der Waals surface area contributed by atoms with E-state index in [1.54, 1.807) is 19.1 Å². The van der Waals surface area contributed by atoms with Gasteiger partial charge in [0.05, 0.1) is 16.5 Å². The van der Waals surface area contributed by atoms with Gasteiger partial charge in [-0.25, -0.2) is 0 Å². The van der Waals surface area contributed by atoms with E-state index in [4.69, 9.17) is 11.0 Å². The van der Waals surface area contributed by atoms with Gasteiger partial charge < -0.3 is 5.73 Å². The van der Waals surface area contributed by atoms with Crippen molar-refractivity contribution < 1.29 is 4.79 Å². The quantitative estimate of drug-likeness (QED) is 0.498. The molecule has 0 amide bonds. The van der Waals surface area contributed by atoms with Gasteiger partial charge in [-0.1, -0.05) is 15.9 Å². The van der Waals surface area contributed by atoms with E-state index in [2.05, 4.69) is 15.9 Å². The number of ketones is 1. The molecular weight excluding hydrogens is 244 g/mol. The maximum Gasteiger partial charge on any atom is 0.177 e. The van der Waals surface area contributed by atoms with Crippen LogP contribution in [0.5, 0.6) is 0 Å². The maximum atomic E-state index is 11.6. The second-order valence-electron chi connectivity index (χ2n) is 2.90. The van der Waals surface area contributed by atoms with E-state index in [1.807, 2.05) is 6.07 Å². The van der Waals surface area contributed by atoms with Gasteiger partial charge >= 0.3 is 0 Å². The molecular formula is C10H9BrN2O. The summed E-state index contributed by atoms with van der Waals surface area (Å²) in [6, 6.07) is 6.64. The molecule has 1 rings (SSSR count). The van der Waals surface area contributed by atoms with Crippen LogP contribution >= 0.6 is 15.9 Å². The van der Waals surface area contributed by atoms with Gasteiger partial charge in [0.15, 0.2) is 5.78 Å². The first-order valence-corrected chi connectivity index (χ1v) is 4.95. The largest absolute Gasteiger partial charge is 0.399 e. The predicted octanol–water partition coefficient (Wildman–Crippen LogP) is 2.11. The summed E-state index contributed by atoms with van der Waals surface area (Å²) < 4.78 is 0. The topological polar surface area (TPSA) is 66.9 Å². The third kappa shape index (κ3) is 2.12. The summed E-state index contributed by atoms with van der Waals surface area (Å²) in [5.74, 6) is -0.110. The summed E-state index contributed by atoms with van der Waals surface area (Å²) in [5.41, 5.74) is 6.72. The van der Waals surface area contributed by atoms with E-state index in [-0.39, 0.29) is 10.6 Å².